The van der Waals surface area contributed by atoms with Gasteiger partial charge in [-0.2, -0.15) is 11.8 Å². The Hall–Kier alpha value is -1.33. The predicted octanol–water partition coefficient (Wildman–Crippen LogP) is 7.65. The van der Waals surface area contributed by atoms with E-state index < -0.39 is 0 Å². The van der Waals surface area contributed by atoms with Gasteiger partial charge in [0.05, 0.1) is 18.2 Å². The van der Waals surface area contributed by atoms with Crippen LogP contribution in [0.15, 0.2) is 67.3 Å². The lowest BCUT2D eigenvalue weighted by atomic mass is 10.1. The van der Waals surface area contributed by atoms with Crippen molar-refractivity contribution in [2.75, 3.05) is 12.4 Å². The molecule has 0 fully saturated rings. The van der Waals surface area contributed by atoms with Crippen LogP contribution in [0.4, 0.5) is 0 Å². The molecule has 3 aromatic rings. The second kappa shape index (κ2) is 11.8. The molecule has 3 nitrogen and oxygen atoms in total. The summed E-state index contributed by atoms with van der Waals surface area (Å²) in [6, 6.07) is 15.4. The lowest BCUT2D eigenvalue weighted by Crippen LogP contribution is -2.10. The van der Waals surface area contributed by atoms with Crippen molar-refractivity contribution in [2.24, 2.45) is 0 Å². The Morgan fingerprint density at radius 2 is 1.62 bits per heavy atom. The van der Waals surface area contributed by atoms with Gasteiger partial charge in [0.15, 0.2) is 0 Å². The molecular formula is C22H23Cl3N2OS. The van der Waals surface area contributed by atoms with Crippen LogP contribution < -0.4 is 4.74 Å². The van der Waals surface area contributed by atoms with Crippen molar-refractivity contribution in [1.29, 1.82) is 0 Å². The molecule has 0 saturated heterocycles. The number of aromatic nitrogens is 2. The smallest absolute Gasteiger partial charge is 0.125 e. The van der Waals surface area contributed by atoms with Gasteiger partial charge in [-0.05, 0) is 67.0 Å². The molecule has 0 aliphatic rings. The number of nitrogens with zero attached hydrogens (tertiary/aromatic N) is 2. The molecule has 3 rings (SSSR count). The molecule has 0 aliphatic heterocycles. The number of halogens is 3. The first-order valence-electron chi connectivity index (χ1n) is 9.50. The third kappa shape index (κ3) is 7.14. The van der Waals surface area contributed by atoms with Gasteiger partial charge < -0.3 is 9.30 Å². The van der Waals surface area contributed by atoms with Crippen molar-refractivity contribution < 1.29 is 4.74 Å². The average molecular weight is 470 g/mol. The molecular weight excluding hydrogens is 447 g/mol. The minimum absolute atomic E-state index is 0.119. The maximum Gasteiger partial charge on any atom is 0.125 e. The number of rotatable bonds is 11. The van der Waals surface area contributed by atoms with Crippen molar-refractivity contribution in [3.8, 4) is 5.75 Å². The van der Waals surface area contributed by atoms with Gasteiger partial charge in [-0.15, -0.1) is 0 Å². The highest BCUT2D eigenvalue weighted by atomic mass is 35.5. The van der Waals surface area contributed by atoms with Crippen molar-refractivity contribution in [3.63, 3.8) is 0 Å². The standard InChI is InChI=1S/C22H23Cl3N2OS/c23-18-6-4-17(5-7-18)21(22(25)27-13-12-26-16-27)29-15-3-1-2-14-28-20-10-8-19(24)9-11-20/h4-13,16,21-22H,1-3,14-15H2. The topological polar surface area (TPSA) is 27.1 Å². The summed E-state index contributed by atoms with van der Waals surface area (Å²) in [4.78, 5) is 4.12. The number of thioether (sulfide) groups is 1. The molecule has 2 atom stereocenters. The fraction of sp³-hybridized carbons (Fsp3) is 0.318. The van der Waals surface area contributed by atoms with E-state index in [2.05, 4.69) is 4.98 Å². The Morgan fingerprint density at radius 3 is 2.28 bits per heavy atom. The molecule has 29 heavy (non-hydrogen) atoms. The quantitative estimate of drug-likeness (QED) is 0.213. The number of benzene rings is 2. The first-order valence-corrected chi connectivity index (χ1v) is 11.7. The zero-order valence-electron chi connectivity index (χ0n) is 15.9. The Bertz CT molecular complexity index is 842. The van der Waals surface area contributed by atoms with Crippen LogP contribution in [0.25, 0.3) is 0 Å². The van der Waals surface area contributed by atoms with Crippen LogP contribution in [0.1, 0.15) is 35.6 Å². The summed E-state index contributed by atoms with van der Waals surface area (Å²) in [7, 11) is 0. The molecule has 0 radical (unpaired) electrons. The zero-order chi connectivity index (χ0) is 20.5. The van der Waals surface area contributed by atoms with Gasteiger partial charge in [0.25, 0.3) is 0 Å². The normalized spacial score (nSPS) is 13.2. The fourth-order valence-electron chi connectivity index (χ4n) is 2.87. The highest BCUT2D eigenvalue weighted by molar-refractivity contribution is 7.99. The van der Waals surface area contributed by atoms with Crippen molar-refractivity contribution in [3.05, 3.63) is 82.9 Å². The summed E-state index contributed by atoms with van der Waals surface area (Å²) in [5.74, 6) is 1.88. The second-order valence-corrected chi connectivity index (χ2v) is 9.16. The van der Waals surface area contributed by atoms with E-state index in [1.165, 1.54) is 5.56 Å². The van der Waals surface area contributed by atoms with E-state index in [9.17, 15) is 0 Å². The van der Waals surface area contributed by atoms with Crippen molar-refractivity contribution in [2.45, 2.75) is 30.0 Å². The molecule has 0 saturated carbocycles. The Morgan fingerprint density at radius 1 is 0.931 bits per heavy atom. The molecule has 0 spiro atoms. The largest absolute Gasteiger partial charge is 0.494 e. The van der Waals surface area contributed by atoms with E-state index in [0.29, 0.717) is 6.61 Å². The highest BCUT2D eigenvalue weighted by Gasteiger charge is 2.23. The Balaban J connectivity index is 1.44. The number of imidazole rings is 1. The molecule has 7 heteroatoms. The maximum absolute atomic E-state index is 6.77. The summed E-state index contributed by atoms with van der Waals surface area (Å²) in [6.45, 7) is 0.708. The van der Waals surface area contributed by atoms with Crippen molar-refractivity contribution in [1.82, 2.24) is 9.55 Å². The summed E-state index contributed by atoms with van der Waals surface area (Å²) in [5, 5.41) is 1.57. The number of alkyl halides is 1. The number of hydrogen-bond acceptors (Lipinski definition) is 3. The van der Waals surface area contributed by atoms with E-state index in [0.717, 1.165) is 40.8 Å². The molecule has 154 valence electrons. The molecule has 2 aromatic carbocycles. The predicted molar refractivity (Wildman–Crippen MR) is 125 cm³/mol. The number of unbranched alkanes of at least 4 members (excludes halogenated alkanes) is 2. The van der Waals surface area contributed by atoms with Gasteiger partial charge in [0, 0.05) is 22.4 Å². The average Bonchev–Trinajstić information content (AvgIpc) is 3.27. The Labute approximate surface area is 191 Å². The molecule has 2 unspecified atom stereocenters. The molecule has 1 heterocycles. The summed E-state index contributed by atoms with van der Waals surface area (Å²) < 4.78 is 7.69. The van der Waals surface area contributed by atoms with Gasteiger partial charge >= 0.3 is 0 Å². The molecule has 0 aliphatic carbocycles. The van der Waals surface area contributed by atoms with E-state index in [4.69, 9.17) is 39.5 Å². The maximum atomic E-state index is 6.77. The van der Waals surface area contributed by atoms with Gasteiger partial charge in [-0.3, -0.25) is 0 Å². The number of hydrogen-bond donors (Lipinski definition) is 0. The van der Waals surface area contributed by atoms with Gasteiger partial charge in [0.2, 0.25) is 0 Å². The molecule has 1 aromatic heterocycles. The fourth-order valence-corrected chi connectivity index (χ4v) is 4.88. The Kier molecular flexibility index (Phi) is 9.06. The third-order valence-electron chi connectivity index (χ3n) is 4.43. The monoisotopic (exact) mass is 468 g/mol. The van der Waals surface area contributed by atoms with Crippen molar-refractivity contribution >= 4 is 46.6 Å². The molecule has 0 bridgehead atoms. The lowest BCUT2D eigenvalue weighted by molar-refractivity contribution is 0.306. The van der Waals surface area contributed by atoms with Crippen LogP contribution in [0.5, 0.6) is 5.75 Å². The van der Waals surface area contributed by atoms with Crippen LogP contribution >= 0.6 is 46.6 Å². The van der Waals surface area contributed by atoms with E-state index in [1.807, 2.05) is 71.1 Å². The highest BCUT2D eigenvalue weighted by Crippen LogP contribution is 2.41. The van der Waals surface area contributed by atoms with E-state index in [1.54, 1.807) is 12.5 Å². The summed E-state index contributed by atoms with van der Waals surface area (Å²) in [5.41, 5.74) is 0.955. The lowest BCUT2D eigenvalue weighted by Gasteiger charge is -2.23. The summed E-state index contributed by atoms with van der Waals surface area (Å²) >= 11 is 20.6. The first-order chi connectivity index (χ1) is 14.1. The summed E-state index contributed by atoms with van der Waals surface area (Å²) in [6.07, 6.45) is 8.63. The first kappa shape index (κ1) is 22.4. The van der Waals surface area contributed by atoms with Gasteiger partial charge in [-0.25, -0.2) is 4.98 Å². The second-order valence-electron chi connectivity index (χ2n) is 6.59. The van der Waals surface area contributed by atoms with E-state index in [-0.39, 0.29) is 10.8 Å². The van der Waals surface area contributed by atoms with Crippen LogP contribution in [0.3, 0.4) is 0 Å². The van der Waals surface area contributed by atoms with Crippen LogP contribution in [-0.2, 0) is 0 Å². The van der Waals surface area contributed by atoms with Gasteiger partial charge in [0.1, 0.15) is 11.3 Å². The third-order valence-corrected chi connectivity index (χ3v) is 6.97. The van der Waals surface area contributed by atoms with Crippen LogP contribution in [-0.4, -0.2) is 21.9 Å². The van der Waals surface area contributed by atoms with Crippen LogP contribution in [0.2, 0.25) is 10.0 Å². The molecule has 0 amide bonds. The number of ether oxygens (including phenoxy) is 1. The minimum Gasteiger partial charge on any atom is -0.494 e. The molecule has 0 N–H and O–H groups in total. The minimum atomic E-state index is -0.211. The van der Waals surface area contributed by atoms with Gasteiger partial charge in [-0.1, -0.05) is 46.9 Å². The zero-order valence-corrected chi connectivity index (χ0v) is 19.0. The van der Waals surface area contributed by atoms with E-state index >= 15 is 0 Å². The SMILES string of the molecule is Clc1ccc(OCCCCCSC(c2ccc(Cl)cc2)C(Cl)n2ccnc2)cc1. The van der Waals surface area contributed by atoms with Crippen LogP contribution in [0, 0.1) is 0 Å².